The van der Waals surface area contributed by atoms with Crippen LogP contribution in [0.3, 0.4) is 0 Å². The zero-order valence-electron chi connectivity index (χ0n) is 20.6. The van der Waals surface area contributed by atoms with Crippen LogP contribution in [0.2, 0.25) is 0 Å². The molecule has 2 heterocycles. The van der Waals surface area contributed by atoms with E-state index in [1.54, 1.807) is 9.80 Å². The van der Waals surface area contributed by atoms with Gasteiger partial charge in [-0.1, -0.05) is 23.8 Å². The van der Waals surface area contributed by atoms with Crippen LogP contribution in [0.25, 0.3) is 0 Å². The number of benzene rings is 2. The minimum absolute atomic E-state index is 0.00358. The SMILES string of the molecule is Cc1ccc(C2C3CCC(=O)N3CCN2C(=O)N(C)Cc2cc(C(F)(F)F)cc(C(F)(F)F)c2)c(C)c1. The van der Waals surface area contributed by atoms with Gasteiger partial charge in [0.15, 0.2) is 0 Å². The van der Waals surface area contributed by atoms with E-state index in [2.05, 4.69) is 0 Å². The summed E-state index contributed by atoms with van der Waals surface area (Å²) in [5.41, 5.74) is -0.324. The van der Waals surface area contributed by atoms with Gasteiger partial charge in [0.2, 0.25) is 5.91 Å². The van der Waals surface area contributed by atoms with Crippen molar-refractivity contribution in [1.29, 1.82) is 0 Å². The standard InChI is InChI=1S/C26H27F6N3O2/c1-15-4-5-20(16(2)10-15)23-21-6-7-22(36)34(21)8-9-35(23)24(37)33(3)14-17-11-18(25(27,28)29)13-19(12-17)26(30,31)32/h4-5,10-13,21,23H,6-9,14H2,1-3H3. The number of carbonyl (C=O) groups excluding carboxylic acids is 2. The first-order valence-electron chi connectivity index (χ1n) is 11.8. The molecule has 0 N–H and O–H groups in total. The molecule has 4 rings (SSSR count). The molecule has 0 spiro atoms. The third-order valence-electron chi connectivity index (χ3n) is 7.04. The van der Waals surface area contributed by atoms with E-state index < -0.39 is 42.1 Å². The van der Waals surface area contributed by atoms with Crippen LogP contribution in [0.1, 0.15) is 52.3 Å². The molecule has 5 nitrogen and oxygen atoms in total. The lowest BCUT2D eigenvalue weighted by Crippen LogP contribution is -2.57. The topological polar surface area (TPSA) is 43.9 Å². The number of alkyl halides is 6. The zero-order chi connectivity index (χ0) is 27.3. The molecule has 2 fully saturated rings. The summed E-state index contributed by atoms with van der Waals surface area (Å²) in [5, 5.41) is 0. The molecule has 2 unspecified atom stereocenters. The zero-order valence-corrected chi connectivity index (χ0v) is 20.6. The van der Waals surface area contributed by atoms with Crippen LogP contribution >= 0.6 is 0 Å². The number of rotatable bonds is 3. The smallest absolute Gasteiger partial charge is 0.335 e. The number of hydrogen-bond donors (Lipinski definition) is 0. The number of amides is 3. The van der Waals surface area contributed by atoms with Crippen molar-refractivity contribution in [3.05, 3.63) is 69.8 Å². The number of fused-ring (bicyclic) bond motifs is 1. The van der Waals surface area contributed by atoms with Crippen molar-refractivity contribution in [3.63, 3.8) is 0 Å². The summed E-state index contributed by atoms with van der Waals surface area (Å²) in [6.07, 6.45) is -9.04. The fourth-order valence-electron chi connectivity index (χ4n) is 5.36. The molecule has 2 aliphatic heterocycles. The van der Waals surface area contributed by atoms with Gasteiger partial charge in [-0.15, -0.1) is 0 Å². The Hall–Kier alpha value is -3.24. The summed E-state index contributed by atoms with van der Waals surface area (Å²) in [5.74, 6) is 0.00358. The van der Waals surface area contributed by atoms with Crippen molar-refractivity contribution in [2.24, 2.45) is 0 Å². The third kappa shape index (κ3) is 5.40. The maximum atomic E-state index is 13.6. The van der Waals surface area contributed by atoms with Crippen molar-refractivity contribution in [2.45, 2.75) is 57.7 Å². The quantitative estimate of drug-likeness (QED) is 0.464. The van der Waals surface area contributed by atoms with E-state index >= 15 is 0 Å². The molecule has 37 heavy (non-hydrogen) atoms. The number of carbonyl (C=O) groups is 2. The lowest BCUT2D eigenvalue weighted by Gasteiger charge is -2.46. The van der Waals surface area contributed by atoms with Gasteiger partial charge in [0, 0.05) is 33.1 Å². The molecule has 2 aliphatic rings. The Balaban J connectivity index is 1.66. The van der Waals surface area contributed by atoms with Crippen LogP contribution in [0.4, 0.5) is 31.1 Å². The highest BCUT2D eigenvalue weighted by atomic mass is 19.4. The second kappa shape index (κ2) is 9.57. The number of aryl methyl sites for hydroxylation is 2. The molecule has 0 aromatic heterocycles. The number of halogens is 6. The third-order valence-corrected chi connectivity index (χ3v) is 7.04. The van der Waals surface area contributed by atoms with Crippen LogP contribution < -0.4 is 0 Å². The van der Waals surface area contributed by atoms with Crippen LogP contribution in [0.5, 0.6) is 0 Å². The van der Waals surface area contributed by atoms with Gasteiger partial charge in [-0.2, -0.15) is 26.3 Å². The highest BCUT2D eigenvalue weighted by Gasteiger charge is 2.46. The van der Waals surface area contributed by atoms with Gasteiger partial charge in [0.05, 0.1) is 23.2 Å². The van der Waals surface area contributed by atoms with Gasteiger partial charge in [-0.25, -0.2) is 4.79 Å². The number of piperazine rings is 1. The first-order chi connectivity index (χ1) is 17.2. The lowest BCUT2D eigenvalue weighted by atomic mass is 9.90. The molecular weight excluding hydrogens is 500 g/mol. The van der Waals surface area contributed by atoms with Crippen molar-refractivity contribution in [1.82, 2.24) is 14.7 Å². The predicted octanol–water partition coefficient (Wildman–Crippen LogP) is 5.94. The van der Waals surface area contributed by atoms with E-state index in [-0.39, 0.29) is 30.1 Å². The molecule has 2 aromatic carbocycles. The first kappa shape index (κ1) is 26.8. The van der Waals surface area contributed by atoms with Crippen LogP contribution in [0.15, 0.2) is 36.4 Å². The fraction of sp³-hybridized carbons (Fsp3) is 0.462. The molecule has 2 aromatic rings. The van der Waals surface area contributed by atoms with Gasteiger partial charge in [-0.05, 0) is 55.2 Å². The normalized spacial score (nSPS) is 20.3. The van der Waals surface area contributed by atoms with E-state index in [4.69, 9.17) is 0 Å². The van der Waals surface area contributed by atoms with E-state index in [9.17, 15) is 35.9 Å². The molecule has 0 radical (unpaired) electrons. The van der Waals surface area contributed by atoms with Gasteiger partial charge in [0.1, 0.15) is 0 Å². The molecule has 0 bridgehead atoms. The number of nitrogens with zero attached hydrogens (tertiary/aromatic N) is 3. The van der Waals surface area contributed by atoms with Gasteiger partial charge < -0.3 is 14.7 Å². The summed E-state index contributed by atoms with van der Waals surface area (Å²) >= 11 is 0. The molecule has 2 saturated heterocycles. The highest BCUT2D eigenvalue weighted by Crippen LogP contribution is 2.40. The van der Waals surface area contributed by atoms with Gasteiger partial charge in [0.25, 0.3) is 0 Å². The van der Waals surface area contributed by atoms with Crippen molar-refractivity contribution in [3.8, 4) is 0 Å². The number of urea groups is 1. The van der Waals surface area contributed by atoms with Crippen LogP contribution in [-0.4, -0.2) is 52.8 Å². The second-order valence-electron chi connectivity index (χ2n) is 9.74. The predicted molar refractivity (Wildman–Crippen MR) is 123 cm³/mol. The highest BCUT2D eigenvalue weighted by molar-refractivity contribution is 5.81. The Morgan fingerprint density at radius 1 is 0.973 bits per heavy atom. The van der Waals surface area contributed by atoms with Crippen molar-refractivity contribution >= 4 is 11.9 Å². The lowest BCUT2D eigenvalue weighted by molar-refractivity contribution is -0.143. The van der Waals surface area contributed by atoms with E-state index in [0.29, 0.717) is 31.5 Å². The fourth-order valence-corrected chi connectivity index (χ4v) is 5.36. The first-order valence-corrected chi connectivity index (χ1v) is 11.8. The van der Waals surface area contributed by atoms with Gasteiger partial charge >= 0.3 is 18.4 Å². The Morgan fingerprint density at radius 3 is 2.16 bits per heavy atom. The molecular formula is C26H27F6N3O2. The Morgan fingerprint density at radius 2 is 1.59 bits per heavy atom. The van der Waals surface area contributed by atoms with E-state index in [0.717, 1.165) is 21.6 Å². The summed E-state index contributed by atoms with van der Waals surface area (Å²) < 4.78 is 79.8. The summed E-state index contributed by atoms with van der Waals surface area (Å²) in [6, 6.07) is 5.85. The summed E-state index contributed by atoms with van der Waals surface area (Å²) in [7, 11) is 1.35. The minimum atomic E-state index is -4.97. The van der Waals surface area contributed by atoms with Crippen LogP contribution in [-0.2, 0) is 23.7 Å². The van der Waals surface area contributed by atoms with Gasteiger partial charge in [-0.3, -0.25) is 4.79 Å². The van der Waals surface area contributed by atoms with Crippen LogP contribution in [0, 0.1) is 13.8 Å². The minimum Gasteiger partial charge on any atom is -0.335 e. The Kier molecular flexibility index (Phi) is 6.94. The van der Waals surface area contributed by atoms with E-state index in [1.165, 1.54) is 7.05 Å². The van der Waals surface area contributed by atoms with Crippen molar-refractivity contribution < 1.29 is 35.9 Å². The molecule has 0 saturated carbocycles. The molecule has 0 aliphatic carbocycles. The Bertz CT molecular complexity index is 1180. The molecule has 200 valence electrons. The number of hydrogen-bond acceptors (Lipinski definition) is 2. The maximum absolute atomic E-state index is 13.6. The average Bonchev–Trinajstić information content (AvgIpc) is 3.18. The molecule has 11 heteroatoms. The maximum Gasteiger partial charge on any atom is 0.416 e. The summed E-state index contributed by atoms with van der Waals surface area (Å²) in [6.45, 7) is 3.90. The van der Waals surface area contributed by atoms with Crippen molar-refractivity contribution in [2.75, 3.05) is 20.1 Å². The monoisotopic (exact) mass is 527 g/mol. The average molecular weight is 528 g/mol. The second-order valence-corrected chi connectivity index (χ2v) is 9.74. The largest absolute Gasteiger partial charge is 0.416 e. The van der Waals surface area contributed by atoms with E-state index in [1.807, 2.05) is 32.0 Å². The molecule has 2 atom stereocenters. The Labute approximate surface area is 210 Å². The molecule has 3 amide bonds. The summed E-state index contributed by atoms with van der Waals surface area (Å²) in [4.78, 5) is 30.5.